The summed E-state index contributed by atoms with van der Waals surface area (Å²) in [5.74, 6) is -0.675. The van der Waals surface area contributed by atoms with Gasteiger partial charge in [0.1, 0.15) is 5.41 Å². The Labute approximate surface area is 143 Å². The summed E-state index contributed by atoms with van der Waals surface area (Å²) in [7, 11) is 1.51. The molecule has 2 atom stereocenters. The van der Waals surface area contributed by atoms with Crippen molar-refractivity contribution in [3.63, 3.8) is 0 Å². The normalized spacial score (nSPS) is 22.2. The zero-order chi connectivity index (χ0) is 17.6. The van der Waals surface area contributed by atoms with Crippen molar-refractivity contribution in [1.82, 2.24) is 4.90 Å². The highest BCUT2D eigenvalue weighted by Gasteiger charge is 2.43. The van der Waals surface area contributed by atoms with Crippen LogP contribution in [0, 0.1) is 5.41 Å². The van der Waals surface area contributed by atoms with Gasteiger partial charge in [-0.15, -0.1) is 0 Å². The molecule has 1 aromatic rings. The smallest absolute Gasteiger partial charge is 0.313 e. The Bertz CT molecular complexity index is 556. The molecule has 24 heavy (non-hydrogen) atoms. The maximum absolute atomic E-state index is 12.7. The number of carbonyl (C=O) groups is 2. The number of hydrogen-bond acceptors (Lipinski definition) is 3. The number of carbonyl (C=O) groups excluding carboxylic acids is 1. The number of rotatable bonds is 7. The Morgan fingerprint density at radius 3 is 2.62 bits per heavy atom. The quantitative estimate of drug-likeness (QED) is 0.833. The summed E-state index contributed by atoms with van der Waals surface area (Å²) in [4.78, 5) is 26.2. The fraction of sp³-hybridized carbons (Fsp3) is 0.579. The van der Waals surface area contributed by atoms with Crippen molar-refractivity contribution < 1.29 is 19.4 Å². The van der Waals surface area contributed by atoms with Crippen molar-refractivity contribution >= 4 is 11.9 Å². The van der Waals surface area contributed by atoms with Gasteiger partial charge in [-0.05, 0) is 30.7 Å². The molecule has 1 aliphatic heterocycles. The Morgan fingerprint density at radius 2 is 2.04 bits per heavy atom. The van der Waals surface area contributed by atoms with Gasteiger partial charge in [0.05, 0.1) is 6.61 Å². The summed E-state index contributed by atoms with van der Waals surface area (Å²) in [6.45, 7) is 3.08. The molecule has 1 fully saturated rings. The van der Waals surface area contributed by atoms with Gasteiger partial charge >= 0.3 is 5.97 Å². The molecule has 2 unspecified atom stereocenters. The van der Waals surface area contributed by atoms with Crippen LogP contribution in [0.3, 0.4) is 0 Å². The second-order valence-electron chi connectivity index (χ2n) is 6.66. The van der Waals surface area contributed by atoms with E-state index in [4.69, 9.17) is 4.74 Å². The molecule has 5 nitrogen and oxygen atoms in total. The maximum Gasteiger partial charge on any atom is 0.313 e. The second-order valence-corrected chi connectivity index (χ2v) is 6.66. The average molecular weight is 333 g/mol. The summed E-state index contributed by atoms with van der Waals surface area (Å²) < 4.78 is 5.13. The number of nitrogens with zero attached hydrogens (tertiary/aromatic N) is 1. The Morgan fingerprint density at radius 1 is 1.33 bits per heavy atom. The summed E-state index contributed by atoms with van der Waals surface area (Å²) in [5.41, 5.74) is 0.184. The van der Waals surface area contributed by atoms with Crippen LogP contribution in [-0.4, -0.2) is 48.7 Å². The van der Waals surface area contributed by atoms with Crippen molar-refractivity contribution in [2.24, 2.45) is 5.41 Å². The lowest BCUT2D eigenvalue weighted by atomic mass is 9.80. The summed E-state index contributed by atoms with van der Waals surface area (Å²) in [6.07, 6.45) is 2.55. The van der Waals surface area contributed by atoms with Crippen molar-refractivity contribution in [2.45, 2.75) is 38.5 Å². The summed E-state index contributed by atoms with van der Waals surface area (Å²) in [6, 6.07) is 10.0. The zero-order valence-electron chi connectivity index (χ0n) is 14.5. The van der Waals surface area contributed by atoms with Gasteiger partial charge in [0.25, 0.3) is 0 Å². The third kappa shape index (κ3) is 4.15. The Kier molecular flexibility index (Phi) is 6.37. The fourth-order valence-electron chi connectivity index (χ4n) is 3.54. The SMILES string of the molecule is CCC(CC(=O)N1CCCC(COC)(C(=O)O)C1)c1ccccc1. The topological polar surface area (TPSA) is 66.8 Å². The zero-order valence-corrected chi connectivity index (χ0v) is 14.5. The first-order valence-electron chi connectivity index (χ1n) is 8.57. The van der Waals surface area contributed by atoms with Crippen molar-refractivity contribution in [1.29, 1.82) is 0 Å². The predicted molar refractivity (Wildman–Crippen MR) is 91.8 cm³/mol. The molecule has 5 heteroatoms. The minimum atomic E-state index is -0.975. The van der Waals surface area contributed by atoms with Gasteiger partial charge in [-0.2, -0.15) is 0 Å². The van der Waals surface area contributed by atoms with E-state index in [1.807, 2.05) is 30.3 Å². The molecule has 132 valence electrons. The number of carboxylic acids is 1. The molecule has 1 aliphatic rings. The van der Waals surface area contributed by atoms with Crippen LogP contribution in [0.15, 0.2) is 30.3 Å². The third-order valence-corrected chi connectivity index (χ3v) is 4.99. The van der Waals surface area contributed by atoms with Gasteiger partial charge < -0.3 is 14.7 Å². The molecule has 1 heterocycles. The predicted octanol–water partition coefficient (Wildman–Crippen LogP) is 2.91. The Balaban J connectivity index is 2.07. The fourth-order valence-corrected chi connectivity index (χ4v) is 3.54. The highest BCUT2D eigenvalue weighted by atomic mass is 16.5. The van der Waals surface area contributed by atoms with E-state index in [1.165, 1.54) is 7.11 Å². The molecule has 0 saturated carbocycles. The number of hydrogen-bond donors (Lipinski definition) is 1. The number of carboxylic acid groups (broad SMARTS) is 1. The monoisotopic (exact) mass is 333 g/mol. The lowest BCUT2D eigenvalue weighted by molar-refractivity contribution is -0.159. The minimum absolute atomic E-state index is 0.0344. The standard InChI is InChI=1S/C19H27NO4/c1-3-15(16-8-5-4-6-9-16)12-17(21)20-11-7-10-19(13-20,14-24-2)18(22)23/h4-6,8-9,15H,3,7,10-14H2,1-2H3,(H,22,23). The number of amides is 1. The van der Waals surface area contributed by atoms with Gasteiger partial charge in [0.15, 0.2) is 0 Å². The molecule has 1 saturated heterocycles. The van der Waals surface area contributed by atoms with Gasteiger partial charge in [-0.25, -0.2) is 0 Å². The van der Waals surface area contributed by atoms with Gasteiger partial charge in [-0.3, -0.25) is 9.59 Å². The van der Waals surface area contributed by atoms with Gasteiger partial charge in [0, 0.05) is 26.6 Å². The van der Waals surface area contributed by atoms with E-state index < -0.39 is 11.4 Å². The molecule has 1 N–H and O–H groups in total. The molecule has 1 aromatic carbocycles. The first-order valence-corrected chi connectivity index (χ1v) is 8.57. The number of likely N-dealkylation sites (tertiary alicyclic amines) is 1. The van der Waals surface area contributed by atoms with Crippen LogP contribution in [0.25, 0.3) is 0 Å². The lowest BCUT2D eigenvalue weighted by Gasteiger charge is -2.39. The molecule has 0 spiro atoms. The van der Waals surface area contributed by atoms with Gasteiger partial charge in [0.2, 0.25) is 5.91 Å². The summed E-state index contributed by atoms with van der Waals surface area (Å²) in [5, 5.41) is 9.61. The number of ether oxygens (including phenoxy) is 1. The molecule has 0 aromatic heterocycles. The van der Waals surface area contributed by atoms with Crippen LogP contribution in [0.1, 0.15) is 44.1 Å². The molecule has 2 rings (SSSR count). The van der Waals surface area contributed by atoms with E-state index in [1.54, 1.807) is 4.90 Å². The van der Waals surface area contributed by atoms with Crippen molar-refractivity contribution in [3.05, 3.63) is 35.9 Å². The van der Waals surface area contributed by atoms with Crippen LogP contribution in [0.2, 0.25) is 0 Å². The minimum Gasteiger partial charge on any atom is -0.481 e. The van der Waals surface area contributed by atoms with E-state index in [2.05, 4.69) is 6.92 Å². The number of piperidine rings is 1. The van der Waals surface area contributed by atoms with Crippen LogP contribution >= 0.6 is 0 Å². The second kappa shape index (κ2) is 8.29. The molecule has 0 radical (unpaired) electrons. The third-order valence-electron chi connectivity index (χ3n) is 4.99. The largest absolute Gasteiger partial charge is 0.481 e. The van der Waals surface area contributed by atoms with E-state index in [-0.39, 0.29) is 25.0 Å². The molecular formula is C19H27NO4. The average Bonchev–Trinajstić information content (AvgIpc) is 2.60. The van der Waals surface area contributed by atoms with Crippen LogP contribution < -0.4 is 0 Å². The molecule has 1 amide bonds. The molecular weight excluding hydrogens is 306 g/mol. The first kappa shape index (κ1) is 18.5. The van der Waals surface area contributed by atoms with E-state index >= 15 is 0 Å². The Hall–Kier alpha value is -1.88. The first-order chi connectivity index (χ1) is 11.5. The number of methoxy groups -OCH3 is 1. The maximum atomic E-state index is 12.7. The van der Waals surface area contributed by atoms with Crippen LogP contribution in [-0.2, 0) is 14.3 Å². The van der Waals surface area contributed by atoms with Crippen molar-refractivity contribution in [3.8, 4) is 0 Å². The van der Waals surface area contributed by atoms with Crippen molar-refractivity contribution in [2.75, 3.05) is 26.8 Å². The molecule has 0 bridgehead atoms. The highest BCUT2D eigenvalue weighted by Crippen LogP contribution is 2.32. The number of aliphatic carboxylic acids is 1. The lowest BCUT2D eigenvalue weighted by Crippen LogP contribution is -2.52. The van der Waals surface area contributed by atoms with E-state index in [9.17, 15) is 14.7 Å². The highest BCUT2D eigenvalue weighted by molar-refractivity contribution is 5.80. The van der Waals surface area contributed by atoms with E-state index in [0.29, 0.717) is 25.8 Å². The van der Waals surface area contributed by atoms with Crippen LogP contribution in [0.5, 0.6) is 0 Å². The molecule has 0 aliphatic carbocycles. The number of benzene rings is 1. The van der Waals surface area contributed by atoms with Crippen LogP contribution in [0.4, 0.5) is 0 Å². The van der Waals surface area contributed by atoms with E-state index in [0.717, 1.165) is 12.0 Å². The van der Waals surface area contributed by atoms with Gasteiger partial charge in [-0.1, -0.05) is 37.3 Å². The summed E-state index contributed by atoms with van der Waals surface area (Å²) >= 11 is 0.